The van der Waals surface area contributed by atoms with Gasteiger partial charge in [0.2, 0.25) is 0 Å². The maximum absolute atomic E-state index is 8.13. The van der Waals surface area contributed by atoms with Gasteiger partial charge in [-0.1, -0.05) is 5.16 Å². The van der Waals surface area contributed by atoms with Crippen molar-refractivity contribution in [2.75, 3.05) is 6.61 Å². The van der Waals surface area contributed by atoms with E-state index in [1.54, 1.807) is 0 Å². The smallest absolute Gasteiger partial charge is 0.163 e. The maximum Gasteiger partial charge on any atom is 0.163 e. The molecule has 0 bridgehead atoms. The lowest BCUT2D eigenvalue weighted by Crippen LogP contribution is -2.21. The average Bonchev–Trinajstić information content (AvgIpc) is 2.12. The molecule has 0 aromatic carbocycles. The zero-order valence-corrected chi connectivity index (χ0v) is 6.07. The highest BCUT2D eigenvalue weighted by molar-refractivity contribution is 5.62. The van der Waals surface area contributed by atoms with Gasteiger partial charge in [0.25, 0.3) is 0 Å². The molecule has 1 fully saturated rings. The average molecular weight is 145 g/mol. The summed E-state index contributed by atoms with van der Waals surface area (Å²) in [6, 6.07) is 0. The van der Waals surface area contributed by atoms with Gasteiger partial charge in [-0.25, -0.2) is 0 Å². The number of hydrogen-bond donors (Lipinski definition) is 1. The topological polar surface area (TPSA) is 51.0 Å². The highest BCUT2D eigenvalue weighted by atomic mass is 16.7. The quantitative estimate of drug-likeness (QED) is 0.334. The van der Waals surface area contributed by atoms with Gasteiger partial charge in [-0.3, -0.25) is 0 Å². The monoisotopic (exact) mass is 145 g/mol. The van der Waals surface area contributed by atoms with Crippen LogP contribution < -0.4 is 0 Å². The van der Waals surface area contributed by atoms with E-state index in [2.05, 4.69) is 5.16 Å². The van der Waals surface area contributed by atoms with Crippen LogP contribution in [-0.2, 0) is 9.47 Å². The van der Waals surface area contributed by atoms with E-state index in [1.807, 2.05) is 13.8 Å². The Morgan fingerprint density at radius 3 is 2.80 bits per heavy atom. The molecule has 0 aromatic rings. The van der Waals surface area contributed by atoms with E-state index in [1.165, 1.54) is 6.21 Å². The van der Waals surface area contributed by atoms with E-state index in [0.29, 0.717) is 6.61 Å². The molecule has 4 nitrogen and oxygen atoms in total. The van der Waals surface area contributed by atoms with Gasteiger partial charge in [-0.15, -0.1) is 0 Å². The van der Waals surface area contributed by atoms with Gasteiger partial charge in [0.1, 0.15) is 6.10 Å². The number of nitrogens with zero attached hydrogens (tertiary/aromatic N) is 1. The minimum absolute atomic E-state index is 0.208. The molecule has 1 saturated heterocycles. The first-order chi connectivity index (χ1) is 4.64. The van der Waals surface area contributed by atoms with E-state index >= 15 is 0 Å². The maximum atomic E-state index is 8.13. The van der Waals surface area contributed by atoms with E-state index < -0.39 is 5.79 Å². The van der Waals surface area contributed by atoms with Crippen LogP contribution >= 0.6 is 0 Å². The molecule has 0 unspecified atom stereocenters. The summed E-state index contributed by atoms with van der Waals surface area (Å²) in [6.45, 7) is 4.09. The highest BCUT2D eigenvalue weighted by Crippen LogP contribution is 2.20. The molecular weight excluding hydrogens is 134 g/mol. The van der Waals surface area contributed by atoms with Crippen LogP contribution in [0.3, 0.4) is 0 Å². The predicted molar refractivity (Wildman–Crippen MR) is 35.2 cm³/mol. The van der Waals surface area contributed by atoms with Crippen molar-refractivity contribution in [2.45, 2.75) is 25.7 Å². The van der Waals surface area contributed by atoms with Crippen molar-refractivity contribution in [3.8, 4) is 0 Å². The molecule has 1 aliphatic heterocycles. The second-order valence-corrected chi connectivity index (χ2v) is 2.63. The third-order valence-corrected chi connectivity index (χ3v) is 1.26. The molecule has 0 amide bonds. The Morgan fingerprint density at radius 2 is 2.40 bits per heavy atom. The van der Waals surface area contributed by atoms with Crippen molar-refractivity contribution >= 4 is 6.21 Å². The molecule has 1 aliphatic rings. The van der Waals surface area contributed by atoms with Crippen molar-refractivity contribution < 1.29 is 14.7 Å². The fraction of sp³-hybridized carbons (Fsp3) is 0.833. The van der Waals surface area contributed by atoms with Gasteiger partial charge in [0.15, 0.2) is 5.79 Å². The van der Waals surface area contributed by atoms with Gasteiger partial charge < -0.3 is 14.7 Å². The molecule has 10 heavy (non-hydrogen) atoms. The Bertz CT molecular complexity index is 144. The number of oxime groups is 1. The molecule has 0 saturated carbocycles. The predicted octanol–water partition coefficient (Wildman–Crippen LogP) is 0.598. The van der Waals surface area contributed by atoms with Crippen molar-refractivity contribution in [2.24, 2.45) is 5.16 Å². The minimum atomic E-state index is -0.536. The molecular formula is C6H11NO3. The van der Waals surface area contributed by atoms with Crippen molar-refractivity contribution in [3.05, 3.63) is 0 Å². The Kier molecular flexibility index (Phi) is 1.92. The van der Waals surface area contributed by atoms with E-state index in [4.69, 9.17) is 14.7 Å². The summed E-state index contributed by atoms with van der Waals surface area (Å²) >= 11 is 0. The normalized spacial score (nSPS) is 31.6. The Hall–Kier alpha value is -0.610. The molecule has 0 aromatic heterocycles. The molecule has 1 N–H and O–H groups in total. The minimum Gasteiger partial charge on any atom is -0.411 e. The van der Waals surface area contributed by atoms with Crippen LogP contribution in [0.2, 0.25) is 0 Å². The van der Waals surface area contributed by atoms with E-state index in [9.17, 15) is 0 Å². The van der Waals surface area contributed by atoms with Gasteiger partial charge >= 0.3 is 0 Å². The summed E-state index contributed by atoms with van der Waals surface area (Å²) in [5, 5.41) is 11.0. The van der Waals surface area contributed by atoms with Crippen LogP contribution in [0.15, 0.2) is 5.16 Å². The van der Waals surface area contributed by atoms with Crippen LogP contribution in [0.5, 0.6) is 0 Å². The van der Waals surface area contributed by atoms with Crippen LogP contribution in [0, 0.1) is 0 Å². The number of rotatable bonds is 1. The second-order valence-electron chi connectivity index (χ2n) is 2.63. The zero-order chi connectivity index (χ0) is 7.61. The highest BCUT2D eigenvalue weighted by Gasteiger charge is 2.31. The third kappa shape index (κ3) is 1.68. The fourth-order valence-electron chi connectivity index (χ4n) is 0.863. The van der Waals surface area contributed by atoms with Crippen molar-refractivity contribution in [3.63, 3.8) is 0 Å². The summed E-state index contributed by atoms with van der Waals surface area (Å²) < 4.78 is 10.4. The summed E-state index contributed by atoms with van der Waals surface area (Å²) in [5.74, 6) is -0.536. The molecule has 0 radical (unpaired) electrons. The lowest BCUT2D eigenvalue weighted by Gasteiger charge is -2.15. The summed E-state index contributed by atoms with van der Waals surface area (Å²) in [7, 11) is 0. The van der Waals surface area contributed by atoms with Gasteiger partial charge in [-0.2, -0.15) is 0 Å². The summed E-state index contributed by atoms with van der Waals surface area (Å²) in [6.07, 6.45) is 1.11. The Morgan fingerprint density at radius 1 is 1.70 bits per heavy atom. The SMILES string of the molecule is CC1(C)OC[C@@H](/C=N\O)O1. The molecule has 0 spiro atoms. The molecule has 4 heteroatoms. The summed E-state index contributed by atoms with van der Waals surface area (Å²) in [4.78, 5) is 0. The van der Waals surface area contributed by atoms with Crippen LogP contribution in [0.25, 0.3) is 0 Å². The summed E-state index contributed by atoms with van der Waals surface area (Å²) in [5.41, 5.74) is 0. The first-order valence-corrected chi connectivity index (χ1v) is 3.13. The van der Waals surface area contributed by atoms with Gasteiger partial charge in [0.05, 0.1) is 12.8 Å². The molecule has 1 heterocycles. The van der Waals surface area contributed by atoms with Crippen molar-refractivity contribution in [1.29, 1.82) is 0 Å². The van der Waals surface area contributed by atoms with Crippen LogP contribution in [0.1, 0.15) is 13.8 Å². The first-order valence-electron chi connectivity index (χ1n) is 3.13. The molecule has 1 atom stereocenters. The molecule has 0 aliphatic carbocycles. The fourth-order valence-corrected chi connectivity index (χ4v) is 0.863. The first kappa shape index (κ1) is 7.50. The zero-order valence-electron chi connectivity index (χ0n) is 6.07. The van der Waals surface area contributed by atoms with Crippen molar-refractivity contribution in [1.82, 2.24) is 0 Å². The van der Waals surface area contributed by atoms with E-state index in [-0.39, 0.29) is 6.10 Å². The van der Waals surface area contributed by atoms with Gasteiger partial charge in [0, 0.05) is 0 Å². The Labute approximate surface area is 59.4 Å². The largest absolute Gasteiger partial charge is 0.411 e. The lowest BCUT2D eigenvalue weighted by atomic mass is 10.4. The third-order valence-electron chi connectivity index (χ3n) is 1.26. The second kappa shape index (κ2) is 2.56. The molecule has 58 valence electrons. The molecule has 1 rings (SSSR count). The Balaban J connectivity index is 2.43. The number of ether oxygens (including phenoxy) is 2. The van der Waals surface area contributed by atoms with Crippen LogP contribution in [0.4, 0.5) is 0 Å². The van der Waals surface area contributed by atoms with Crippen LogP contribution in [-0.4, -0.2) is 29.9 Å². The number of hydrogen-bond acceptors (Lipinski definition) is 4. The van der Waals surface area contributed by atoms with Gasteiger partial charge in [-0.05, 0) is 13.8 Å². The standard InChI is InChI=1S/C6H11NO3/c1-6(2)9-4-5(10-6)3-7-8/h3,5,8H,4H2,1-2H3/b7-3-/t5-/m1/s1. The van der Waals surface area contributed by atoms with E-state index in [0.717, 1.165) is 0 Å². The lowest BCUT2D eigenvalue weighted by molar-refractivity contribution is -0.131.